The molecule has 1 aromatic carbocycles. The van der Waals surface area contributed by atoms with E-state index in [1.807, 2.05) is 36.2 Å². The van der Waals surface area contributed by atoms with Crippen molar-refractivity contribution < 1.29 is 9.53 Å². The Morgan fingerprint density at radius 1 is 1.44 bits per heavy atom. The van der Waals surface area contributed by atoms with Gasteiger partial charge in [-0.25, -0.2) is 0 Å². The summed E-state index contributed by atoms with van der Waals surface area (Å²) in [5, 5.41) is 0. The smallest absolute Gasteiger partial charge is 0.227 e. The highest BCUT2D eigenvalue weighted by Gasteiger charge is 2.32. The van der Waals surface area contributed by atoms with E-state index in [1.54, 1.807) is 7.11 Å². The number of amides is 1. The zero-order valence-electron chi connectivity index (χ0n) is 11.3. The Balaban J connectivity index is 2.01. The largest absolute Gasteiger partial charge is 0.496 e. The Morgan fingerprint density at radius 2 is 2.11 bits per heavy atom. The first-order chi connectivity index (χ1) is 8.63. The van der Waals surface area contributed by atoms with E-state index >= 15 is 0 Å². The maximum absolute atomic E-state index is 12.2. The minimum Gasteiger partial charge on any atom is -0.496 e. The molecule has 0 heterocycles. The van der Waals surface area contributed by atoms with E-state index in [0.717, 1.165) is 11.3 Å². The van der Waals surface area contributed by atoms with E-state index in [-0.39, 0.29) is 5.91 Å². The molecule has 1 aliphatic rings. The molecule has 0 saturated heterocycles. The van der Waals surface area contributed by atoms with E-state index < -0.39 is 0 Å². The Hall–Kier alpha value is -1.51. The van der Waals surface area contributed by atoms with Gasteiger partial charge in [-0.2, -0.15) is 0 Å². The molecule has 0 bridgehead atoms. The van der Waals surface area contributed by atoms with Gasteiger partial charge in [-0.15, -0.1) is 0 Å². The minimum absolute atomic E-state index is 0.166. The molecule has 3 heteroatoms. The molecule has 0 radical (unpaired) electrons. The number of rotatable bonds is 5. The second-order valence-corrected chi connectivity index (χ2v) is 5.07. The molecule has 1 aromatic rings. The summed E-state index contributed by atoms with van der Waals surface area (Å²) in [7, 11) is 3.54. The monoisotopic (exact) mass is 247 g/mol. The standard InChI is InChI=1S/C15H21NO2/c1-11(12-8-9-12)16(2)15(17)10-13-6-4-5-7-14(13)18-3/h4-7,11-12H,8-10H2,1-3H3. The molecule has 0 aliphatic heterocycles. The number of nitrogens with zero attached hydrogens (tertiary/aromatic N) is 1. The van der Waals surface area contributed by atoms with Gasteiger partial charge in [-0.3, -0.25) is 4.79 Å². The minimum atomic E-state index is 0.166. The molecule has 2 rings (SSSR count). The highest BCUT2D eigenvalue weighted by atomic mass is 16.5. The van der Waals surface area contributed by atoms with Crippen LogP contribution in [0.5, 0.6) is 5.75 Å². The van der Waals surface area contributed by atoms with Gasteiger partial charge < -0.3 is 9.64 Å². The molecule has 18 heavy (non-hydrogen) atoms. The van der Waals surface area contributed by atoms with Crippen LogP contribution in [0.4, 0.5) is 0 Å². The van der Waals surface area contributed by atoms with E-state index in [4.69, 9.17) is 4.74 Å². The van der Waals surface area contributed by atoms with Crippen molar-refractivity contribution in [3.05, 3.63) is 29.8 Å². The van der Waals surface area contributed by atoms with Gasteiger partial charge in [-0.05, 0) is 31.7 Å². The number of para-hydroxylation sites is 1. The maximum atomic E-state index is 12.2. The lowest BCUT2D eigenvalue weighted by atomic mass is 10.1. The quantitative estimate of drug-likeness (QED) is 0.800. The first-order valence-electron chi connectivity index (χ1n) is 6.51. The number of likely N-dealkylation sites (N-methyl/N-ethyl adjacent to an activating group) is 1. The predicted molar refractivity (Wildman–Crippen MR) is 71.7 cm³/mol. The Bertz CT molecular complexity index is 426. The van der Waals surface area contributed by atoms with Crippen molar-refractivity contribution in [1.82, 2.24) is 4.90 Å². The second-order valence-electron chi connectivity index (χ2n) is 5.07. The fourth-order valence-corrected chi connectivity index (χ4v) is 2.26. The summed E-state index contributed by atoms with van der Waals surface area (Å²) in [6, 6.07) is 8.06. The van der Waals surface area contributed by atoms with Crippen LogP contribution in [0.2, 0.25) is 0 Å². The lowest BCUT2D eigenvalue weighted by molar-refractivity contribution is -0.131. The van der Waals surface area contributed by atoms with Crippen molar-refractivity contribution in [3.8, 4) is 5.75 Å². The Kier molecular flexibility index (Phi) is 3.90. The van der Waals surface area contributed by atoms with Crippen LogP contribution in [-0.4, -0.2) is 31.0 Å². The number of carbonyl (C=O) groups is 1. The van der Waals surface area contributed by atoms with Crippen molar-refractivity contribution in [3.63, 3.8) is 0 Å². The lowest BCUT2D eigenvalue weighted by Crippen LogP contribution is -2.37. The van der Waals surface area contributed by atoms with Gasteiger partial charge in [0, 0.05) is 18.7 Å². The molecule has 3 nitrogen and oxygen atoms in total. The molecule has 1 unspecified atom stereocenters. The average Bonchev–Trinajstić information content (AvgIpc) is 3.22. The maximum Gasteiger partial charge on any atom is 0.227 e. The molecular weight excluding hydrogens is 226 g/mol. The van der Waals surface area contributed by atoms with Gasteiger partial charge in [0.15, 0.2) is 0 Å². The van der Waals surface area contributed by atoms with Crippen LogP contribution in [0.3, 0.4) is 0 Å². The number of methoxy groups -OCH3 is 1. The summed E-state index contributed by atoms with van der Waals surface area (Å²) in [4.78, 5) is 14.1. The third-order valence-electron chi connectivity index (χ3n) is 3.84. The van der Waals surface area contributed by atoms with Crippen molar-refractivity contribution in [1.29, 1.82) is 0 Å². The second kappa shape index (κ2) is 5.42. The number of ether oxygens (including phenoxy) is 1. The Labute approximate surface area is 109 Å². The zero-order valence-corrected chi connectivity index (χ0v) is 11.3. The third-order valence-corrected chi connectivity index (χ3v) is 3.84. The molecule has 0 N–H and O–H groups in total. The average molecular weight is 247 g/mol. The van der Waals surface area contributed by atoms with E-state index in [1.165, 1.54) is 12.8 Å². The highest BCUT2D eigenvalue weighted by molar-refractivity contribution is 5.79. The van der Waals surface area contributed by atoms with E-state index in [2.05, 4.69) is 6.92 Å². The predicted octanol–water partition coefficient (Wildman–Crippen LogP) is 2.49. The van der Waals surface area contributed by atoms with Crippen LogP contribution in [0, 0.1) is 5.92 Å². The van der Waals surface area contributed by atoms with Crippen LogP contribution >= 0.6 is 0 Å². The summed E-state index contributed by atoms with van der Waals surface area (Å²) in [5.41, 5.74) is 0.958. The molecule has 98 valence electrons. The molecule has 1 atom stereocenters. The first-order valence-corrected chi connectivity index (χ1v) is 6.51. The fraction of sp³-hybridized carbons (Fsp3) is 0.533. The summed E-state index contributed by atoms with van der Waals surface area (Å²) in [5.74, 6) is 1.66. The lowest BCUT2D eigenvalue weighted by Gasteiger charge is -2.25. The topological polar surface area (TPSA) is 29.5 Å². The molecular formula is C15H21NO2. The highest BCUT2D eigenvalue weighted by Crippen LogP contribution is 2.34. The fourth-order valence-electron chi connectivity index (χ4n) is 2.26. The van der Waals surface area contributed by atoms with Gasteiger partial charge in [0.2, 0.25) is 5.91 Å². The Morgan fingerprint density at radius 3 is 2.72 bits per heavy atom. The molecule has 1 amide bonds. The van der Waals surface area contributed by atoms with Gasteiger partial charge in [0.1, 0.15) is 5.75 Å². The SMILES string of the molecule is COc1ccccc1CC(=O)N(C)C(C)C1CC1. The summed E-state index contributed by atoms with van der Waals surface area (Å²) in [6.45, 7) is 2.14. The van der Waals surface area contributed by atoms with Crippen LogP contribution < -0.4 is 4.74 Å². The zero-order chi connectivity index (χ0) is 13.1. The summed E-state index contributed by atoms with van der Waals surface area (Å²) in [6.07, 6.45) is 2.93. The number of carbonyl (C=O) groups excluding carboxylic acids is 1. The van der Waals surface area contributed by atoms with Crippen molar-refractivity contribution in [2.75, 3.05) is 14.2 Å². The number of hydrogen-bond donors (Lipinski definition) is 0. The molecule has 0 spiro atoms. The first kappa shape index (κ1) is 12.9. The normalized spacial score (nSPS) is 16.2. The van der Waals surface area contributed by atoms with E-state index in [9.17, 15) is 4.79 Å². The van der Waals surface area contributed by atoms with Crippen molar-refractivity contribution >= 4 is 5.91 Å². The molecule has 0 aromatic heterocycles. The van der Waals surface area contributed by atoms with Crippen molar-refractivity contribution in [2.24, 2.45) is 5.92 Å². The molecule has 1 aliphatic carbocycles. The van der Waals surface area contributed by atoms with Gasteiger partial charge in [-0.1, -0.05) is 18.2 Å². The summed E-state index contributed by atoms with van der Waals surface area (Å²) >= 11 is 0. The van der Waals surface area contributed by atoms with Crippen LogP contribution in [0.1, 0.15) is 25.3 Å². The van der Waals surface area contributed by atoms with Crippen molar-refractivity contribution in [2.45, 2.75) is 32.2 Å². The third kappa shape index (κ3) is 2.84. The van der Waals surface area contributed by atoms with Crippen LogP contribution in [0.25, 0.3) is 0 Å². The van der Waals surface area contributed by atoms with Crippen LogP contribution in [-0.2, 0) is 11.2 Å². The summed E-state index contributed by atoms with van der Waals surface area (Å²) < 4.78 is 5.28. The van der Waals surface area contributed by atoms with Gasteiger partial charge in [0.05, 0.1) is 13.5 Å². The number of benzene rings is 1. The van der Waals surface area contributed by atoms with Gasteiger partial charge in [0.25, 0.3) is 0 Å². The molecule has 1 saturated carbocycles. The van der Waals surface area contributed by atoms with Crippen LogP contribution in [0.15, 0.2) is 24.3 Å². The number of hydrogen-bond acceptors (Lipinski definition) is 2. The van der Waals surface area contributed by atoms with Gasteiger partial charge >= 0.3 is 0 Å². The van der Waals surface area contributed by atoms with E-state index in [0.29, 0.717) is 18.4 Å². The molecule has 1 fully saturated rings.